The molecule has 0 aliphatic rings. The van der Waals surface area contributed by atoms with Crippen LogP contribution in [0.2, 0.25) is 0 Å². The van der Waals surface area contributed by atoms with Gasteiger partial charge in [-0.3, -0.25) is 4.79 Å². The molecule has 21 heavy (non-hydrogen) atoms. The second-order valence-corrected chi connectivity index (χ2v) is 5.50. The number of carbonyl (C=O) groups excluding carboxylic acids is 1. The van der Waals surface area contributed by atoms with Crippen molar-refractivity contribution in [2.75, 3.05) is 0 Å². The van der Waals surface area contributed by atoms with Crippen molar-refractivity contribution in [2.45, 2.75) is 45.3 Å². The van der Waals surface area contributed by atoms with E-state index in [1.54, 1.807) is 45.0 Å². The summed E-state index contributed by atoms with van der Waals surface area (Å²) in [5.41, 5.74) is 4.89. The number of carboxylic acids is 1. The highest BCUT2D eigenvalue weighted by Gasteiger charge is 2.24. The van der Waals surface area contributed by atoms with E-state index < -0.39 is 29.7 Å². The standard InChI is InChI=1S/C10H12O3.C5H11NO2/c1-7(11)9(10(12)13)8-5-3-2-4-6-8;1-5(2,3)8-4(6)7/h2-7,9,11H,1H3,(H,12,13);1-3H3,(H2,6,7). The Morgan fingerprint density at radius 3 is 1.90 bits per heavy atom. The number of nitrogens with two attached hydrogens (primary N) is 1. The number of hydrogen-bond acceptors (Lipinski definition) is 4. The Morgan fingerprint density at radius 2 is 1.67 bits per heavy atom. The second kappa shape index (κ2) is 8.26. The van der Waals surface area contributed by atoms with Gasteiger partial charge in [0.15, 0.2) is 0 Å². The van der Waals surface area contributed by atoms with Crippen molar-refractivity contribution in [1.29, 1.82) is 0 Å². The summed E-state index contributed by atoms with van der Waals surface area (Å²) in [7, 11) is 0. The smallest absolute Gasteiger partial charge is 0.405 e. The predicted molar refractivity (Wildman–Crippen MR) is 78.9 cm³/mol. The minimum atomic E-state index is -0.999. The summed E-state index contributed by atoms with van der Waals surface area (Å²) in [6.07, 6.45) is -1.60. The summed E-state index contributed by atoms with van der Waals surface area (Å²) >= 11 is 0. The van der Waals surface area contributed by atoms with Gasteiger partial charge in [0.1, 0.15) is 11.5 Å². The number of rotatable bonds is 3. The first kappa shape index (κ1) is 18.9. The Kier molecular flexibility index (Phi) is 7.44. The van der Waals surface area contributed by atoms with Crippen LogP contribution in [0.1, 0.15) is 39.2 Å². The number of aliphatic carboxylic acids is 1. The lowest BCUT2D eigenvalue weighted by atomic mass is 9.95. The number of benzene rings is 1. The molecule has 0 saturated heterocycles. The molecule has 1 aromatic carbocycles. The molecule has 0 aromatic heterocycles. The van der Waals surface area contributed by atoms with E-state index in [1.807, 2.05) is 6.07 Å². The summed E-state index contributed by atoms with van der Waals surface area (Å²) in [6.45, 7) is 6.76. The van der Waals surface area contributed by atoms with Crippen LogP contribution in [-0.4, -0.2) is 34.0 Å². The van der Waals surface area contributed by atoms with Gasteiger partial charge in [0.05, 0.1) is 6.10 Å². The van der Waals surface area contributed by atoms with Crippen molar-refractivity contribution >= 4 is 12.1 Å². The number of aliphatic hydroxyl groups excluding tert-OH is 1. The zero-order valence-corrected chi connectivity index (χ0v) is 12.7. The van der Waals surface area contributed by atoms with Gasteiger partial charge >= 0.3 is 12.1 Å². The molecular formula is C15H23NO5. The van der Waals surface area contributed by atoms with Gasteiger partial charge in [-0.05, 0) is 33.3 Å². The van der Waals surface area contributed by atoms with Crippen LogP contribution < -0.4 is 5.73 Å². The molecule has 2 atom stereocenters. The molecule has 1 aromatic rings. The van der Waals surface area contributed by atoms with Crippen LogP contribution >= 0.6 is 0 Å². The van der Waals surface area contributed by atoms with E-state index in [9.17, 15) is 14.7 Å². The molecule has 0 aliphatic carbocycles. The number of carbonyl (C=O) groups is 2. The number of amides is 1. The van der Waals surface area contributed by atoms with Gasteiger partial charge in [0.2, 0.25) is 0 Å². The Hall–Kier alpha value is -2.08. The molecule has 2 unspecified atom stereocenters. The molecule has 0 bridgehead atoms. The maximum atomic E-state index is 10.8. The fourth-order valence-electron chi connectivity index (χ4n) is 1.59. The molecule has 0 saturated carbocycles. The fourth-order valence-corrected chi connectivity index (χ4v) is 1.59. The van der Waals surface area contributed by atoms with Crippen molar-refractivity contribution in [3.8, 4) is 0 Å². The molecule has 0 heterocycles. The highest BCUT2D eigenvalue weighted by atomic mass is 16.6. The van der Waals surface area contributed by atoms with Crippen molar-refractivity contribution in [3.63, 3.8) is 0 Å². The van der Waals surface area contributed by atoms with Crippen molar-refractivity contribution in [3.05, 3.63) is 35.9 Å². The molecule has 0 aliphatic heterocycles. The molecule has 4 N–H and O–H groups in total. The van der Waals surface area contributed by atoms with Gasteiger partial charge in [-0.15, -0.1) is 0 Å². The first-order chi connectivity index (χ1) is 9.54. The third kappa shape index (κ3) is 8.65. The first-order valence-corrected chi connectivity index (χ1v) is 6.49. The Labute approximate surface area is 124 Å². The largest absolute Gasteiger partial charge is 0.481 e. The number of primary amides is 1. The van der Waals surface area contributed by atoms with Crippen molar-refractivity contribution in [2.24, 2.45) is 5.73 Å². The van der Waals surface area contributed by atoms with E-state index in [0.717, 1.165) is 0 Å². The van der Waals surface area contributed by atoms with E-state index >= 15 is 0 Å². The van der Waals surface area contributed by atoms with Crippen LogP contribution in [0.15, 0.2) is 30.3 Å². The zero-order chi connectivity index (χ0) is 16.6. The number of ether oxygens (including phenoxy) is 1. The van der Waals surface area contributed by atoms with Crippen molar-refractivity contribution in [1.82, 2.24) is 0 Å². The molecular weight excluding hydrogens is 274 g/mol. The third-order valence-corrected chi connectivity index (χ3v) is 2.31. The highest BCUT2D eigenvalue weighted by molar-refractivity contribution is 5.76. The molecule has 118 valence electrons. The topological polar surface area (TPSA) is 110 Å². The lowest BCUT2D eigenvalue weighted by Crippen LogP contribution is -2.27. The minimum Gasteiger partial charge on any atom is -0.481 e. The SMILES string of the molecule is CC(C)(C)OC(N)=O.CC(O)C(C(=O)O)c1ccccc1. The van der Waals surface area contributed by atoms with Crippen LogP contribution in [0.4, 0.5) is 4.79 Å². The Morgan fingerprint density at radius 1 is 1.19 bits per heavy atom. The molecule has 0 fully saturated rings. The molecule has 0 spiro atoms. The van der Waals surface area contributed by atoms with E-state index in [0.29, 0.717) is 5.56 Å². The number of aliphatic hydroxyl groups is 1. The van der Waals surface area contributed by atoms with Gasteiger partial charge in [0.25, 0.3) is 0 Å². The van der Waals surface area contributed by atoms with Gasteiger partial charge in [0, 0.05) is 0 Å². The summed E-state index contributed by atoms with van der Waals surface area (Å²) in [4.78, 5) is 20.8. The average Bonchev–Trinajstić information content (AvgIpc) is 2.26. The maximum Gasteiger partial charge on any atom is 0.405 e. The van der Waals surface area contributed by atoms with Crippen LogP contribution in [0.25, 0.3) is 0 Å². The second-order valence-electron chi connectivity index (χ2n) is 5.50. The lowest BCUT2D eigenvalue weighted by Gasteiger charge is -2.16. The highest BCUT2D eigenvalue weighted by Crippen LogP contribution is 2.19. The fraction of sp³-hybridized carbons (Fsp3) is 0.467. The molecule has 0 radical (unpaired) electrons. The zero-order valence-electron chi connectivity index (χ0n) is 12.7. The first-order valence-electron chi connectivity index (χ1n) is 6.49. The third-order valence-electron chi connectivity index (χ3n) is 2.31. The van der Waals surface area contributed by atoms with Crippen LogP contribution in [-0.2, 0) is 9.53 Å². The number of hydrogen-bond donors (Lipinski definition) is 3. The lowest BCUT2D eigenvalue weighted by molar-refractivity contribution is -0.141. The summed E-state index contributed by atoms with van der Waals surface area (Å²) < 4.78 is 4.58. The Bertz CT molecular complexity index is 451. The van der Waals surface area contributed by atoms with Gasteiger partial charge in [-0.1, -0.05) is 30.3 Å². The summed E-state index contributed by atoms with van der Waals surface area (Å²) in [5.74, 6) is -1.83. The van der Waals surface area contributed by atoms with E-state index in [1.165, 1.54) is 6.92 Å². The van der Waals surface area contributed by atoms with Crippen LogP contribution in [0.5, 0.6) is 0 Å². The molecule has 1 amide bonds. The summed E-state index contributed by atoms with van der Waals surface area (Å²) in [5, 5.41) is 18.1. The van der Waals surface area contributed by atoms with Crippen molar-refractivity contribution < 1.29 is 24.5 Å². The number of carboxylic acid groups (broad SMARTS) is 1. The monoisotopic (exact) mass is 297 g/mol. The van der Waals surface area contributed by atoms with E-state index in [-0.39, 0.29) is 0 Å². The molecule has 1 rings (SSSR count). The quantitative estimate of drug-likeness (QED) is 0.791. The average molecular weight is 297 g/mol. The summed E-state index contributed by atoms with van der Waals surface area (Å²) in [6, 6.07) is 8.72. The van der Waals surface area contributed by atoms with E-state index in [4.69, 9.17) is 10.8 Å². The van der Waals surface area contributed by atoms with Gasteiger partial charge in [-0.2, -0.15) is 0 Å². The van der Waals surface area contributed by atoms with Gasteiger partial charge in [-0.25, -0.2) is 4.79 Å². The van der Waals surface area contributed by atoms with Crippen LogP contribution in [0, 0.1) is 0 Å². The Balaban J connectivity index is 0.000000433. The minimum absolute atomic E-state index is 0.453. The predicted octanol–water partition coefficient (Wildman–Crippen LogP) is 2.12. The van der Waals surface area contributed by atoms with E-state index in [2.05, 4.69) is 4.74 Å². The van der Waals surface area contributed by atoms with Gasteiger partial charge < -0.3 is 20.7 Å². The maximum absolute atomic E-state index is 10.8. The molecule has 6 heteroatoms. The van der Waals surface area contributed by atoms with Crippen LogP contribution in [0.3, 0.4) is 0 Å². The molecule has 6 nitrogen and oxygen atoms in total. The normalized spacial score (nSPS) is 13.4.